The molecular weight excluding hydrogens is 524 g/mol. The SMILES string of the molecule is COc1cc(O)c2c(c1)C(c1c(OC)cc3c(c1O)C(=O)c1c(O)cc(C)cc1C3)=C1CC(C)(C)CC(=O)C1C2O. The van der Waals surface area contributed by atoms with Crippen molar-refractivity contribution in [2.24, 2.45) is 11.3 Å². The van der Waals surface area contributed by atoms with E-state index in [2.05, 4.69) is 0 Å². The van der Waals surface area contributed by atoms with E-state index in [4.69, 9.17) is 9.47 Å². The fourth-order valence-electron chi connectivity index (χ4n) is 7.02. The third kappa shape index (κ3) is 3.92. The number of benzene rings is 3. The van der Waals surface area contributed by atoms with Crippen LogP contribution in [0.4, 0.5) is 0 Å². The number of aromatic hydroxyl groups is 3. The van der Waals surface area contributed by atoms with Gasteiger partial charge in [0, 0.05) is 18.1 Å². The molecule has 0 aromatic heterocycles. The lowest BCUT2D eigenvalue weighted by atomic mass is 9.61. The fourth-order valence-corrected chi connectivity index (χ4v) is 7.02. The topological polar surface area (TPSA) is 134 Å². The van der Waals surface area contributed by atoms with Gasteiger partial charge < -0.3 is 29.9 Å². The number of hydrogen-bond donors (Lipinski definition) is 4. The van der Waals surface area contributed by atoms with E-state index in [-0.39, 0.29) is 57.5 Å². The average molecular weight is 557 g/mol. The monoisotopic (exact) mass is 556 g/mol. The maximum Gasteiger partial charge on any atom is 0.201 e. The van der Waals surface area contributed by atoms with Gasteiger partial charge in [-0.1, -0.05) is 19.9 Å². The molecule has 3 aliphatic carbocycles. The third-order valence-corrected chi connectivity index (χ3v) is 8.61. The van der Waals surface area contributed by atoms with Crippen LogP contribution in [-0.2, 0) is 11.2 Å². The zero-order valence-corrected chi connectivity index (χ0v) is 23.6. The lowest BCUT2D eigenvalue weighted by molar-refractivity contribution is -0.129. The molecule has 8 nitrogen and oxygen atoms in total. The second-order valence-corrected chi connectivity index (χ2v) is 12.1. The molecule has 1 saturated carbocycles. The summed E-state index contributed by atoms with van der Waals surface area (Å²) < 4.78 is 11.2. The van der Waals surface area contributed by atoms with Gasteiger partial charge >= 0.3 is 0 Å². The van der Waals surface area contributed by atoms with Crippen LogP contribution in [0.1, 0.15) is 82.1 Å². The summed E-state index contributed by atoms with van der Waals surface area (Å²) in [6.07, 6.45) is -0.361. The van der Waals surface area contributed by atoms with Gasteiger partial charge in [-0.05, 0) is 76.8 Å². The number of carbonyl (C=O) groups excluding carboxylic acids is 2. The van der Waals surface area contributed by atoms with Crippen molar-refractivity contribution in [1.29, 1.82) is 0 Å². The second kappa shape index (κ2) is 9.11. The van der Waals surface area contributed by atoms with E-state index < -0.39 is 23.2 Å². The number of ether oxygens (including phenoxy) is 2. The first-order chi connectivity index (χ1) is 19.4. The van der Waals surface area contributed by atoms with Gasteiger partial charge in [-0.2, -0.15) is 0 Å². The molecule has 0 aliphatic heterocycles. The van der Waals surface area contributed by atoms with Crippen LogP contribution in [-0.4, -0.2) is 46.2 Å². The number of Topliss-reactive ketones (excluding diaryl/α,β-unsaturated/α-hetero) is 1. The van der Waals surface area contributed by atoms with Gasteiger partial charge in [0.05, 0.1) is 42.9 Å². The van der Waals surface area contributed by atoms with Crippen molar-refractivity contribution in [2.45, 2.75) is 46.1 Å². The van der Waals surface area contributed by atoms with Gasteiger partial charge in [0.15, 0.2) is 0 Å². The van der Waals surface area contributed by atoms with E-state index in [1.165, 1.54) is 26.4 Å². The summed E-state index contributed by atoms with van der Waals surface area (Å²) in [5.74, 6) is -1.82. The molecule has 0 bridgehead atoms. The van der Waals surface area contributed by atoms with Crippen molar-refractivity contribution in [3.05, 3.63) is 80.4 Å². The Bertz CT molecular complexity index is 1710. The zero-order chi connectivity index (χ0) is 29.5. The first kappa shape index (κ1) is 26.9. The first-order valence-corrected chi connectivity index (χ1v) is 13.5. The number of rotatable bonds is 3. The third-order valence-electron chi connectivity index (χ3n) is 8.61. The number of aryl methyl sites for hydroxylation is 1. The largest absolute Gasteiger partial charge is 0.507 e. The number of fused-ring (bicyclic) bond motifs is 4. The highest BCUT2D eigenvalue weighted by molar-refractivity contribution is 6.17. The Kier molecular flexibility index (Phi) is 5.98. The molecule has 3 aliphatic rings. The number of aliphatic hydroxyl groups excluding tert-OH is 1. The van der Waals surface area contributed by atoms with E-state index in [1.54, 1.807) is 12.1 Å². The van der Waals surface area contributed by atoms with Crippen LogP contribution in [0.25, 0.3) is 5.57 Å². The molecule has 212 valence electrons. The predicted molar refractivity (Wildman–Crippen MR) is 151 cm³/mol. The van der Waals surface area contributed by atoms with E-state index in [9.17, 15) is 30.0 Å². The molecule has 2 atom stereocenters. The Hall–Kier alpha value is -4.30. The molecule has 41 heavy (non-hydrogen) atoms. The van der Waals surface area contributed by atoms with Gasteiger partial charge in [-0.25, -0.2) is 0 Å². The van der Waals surface area contributed by atoms with Gasteiger partial charge in [0.1, 0.15) is 34.5 Å². The first-order valence-electron chi connectivity index (χ1n) is 13.5. The number of ketones is 2. The molecule has 8 heteroatoms. The predicted octanol–water partition coefficient (Wildman–Crippen LogP) is 5.12. The van der Waals surface area contributed by atoms with Gasteiger partial charge in [-0.3, -0.25) is 9.59 Å². The van der Waals surface area contributed by atoms with E-state index in [0.717, 1.165) is 5.56 Å². The summed E-state index contributed by atoms with van der Waals surface area (Å²) in [6.45, 7) is 5.76. The van der Waals surface area contributed by atoms with Gasteiger partial charge in [0.25, 0.3) is 0 Å². The minimum absolute atomic E-state index is 0.0401. The average Bonchev–Trinajstić information content (AvgIpc) is 2.87. The Morgan fingerprint density at radius 1 is 0.854 bits per heavy atom. The number of hydrogen-bond acceptors (Lipinski definition) is 8. The second-order valence-electron chi connectivity index (χ2n) is 12.1. The fraction of sp³-hybridized carbons (Fsp3) is 0.333. The van der Waals surface area contributed by atoms with Crippen molar-refractivity contribution in [3.8, 4) is 28.7 Å². The van der Waals surface area contributed by atoms with Crippen LogP contribution >= 0.6 is 0 Å². The van der Waals surface area contributed by atoms with Crippen LogP contribution in [0, 0.1) is 18.3 Å². The normalized spacial score (nSPS) is 20.6. The van der Waals surface area contributed by atoms with Crippen molar-refractivity contribution in [3.63, 3.8) is 0 Å². The molecule has 4 N–H and O–H groups in total. The zero-order valence-electron chi connectivity index (χ0n) is 23.6. The quantitative estimate of drug-likeness (QED) is 0.273. The van der Waals surface area contributed by atoms with Crippen molar-refractivity contribution in [1.82, 2.24) is 0 Å². The molecule has 6 rings (SSSR count). The summed E-state index contributed by atoms with van der Waals surface area (Å²) in [4.78, 5) is 27.4. The Morgan fingerprint density at radius 2 is 1.56 bits per heavy atom. The van der Waals surface area contributed by atoms with Gasteiger partial charge in [-0.15, -0.1) is 0 Å². The summed E-state index contributed by atoms with van der Waals surface area (Å²) in [6, 6.07) is 8.08. The molecule has 2 unspecified atom stereocenters. The van der Waals surface area contributed by atoms with E-state index >= 15 is 0 Å². The van der Waals surface area contributed by atoms with Crippen LogP contribution in [0.2, 0.25) is 0 Å². The molecule has 0 heterocycles. The smallest absolute Gasteiger partial charge is 0.201 e. The van der Waals surface area contributed by atoms with Crippen molar-refractivity contribution < 1.29 is 39.5 Å². The maximum absolute atomic E-state index is 13.9. The summed E-state index contributed by atoms with van der Waals surface area (Å²) in [7, 11) is 2.91. The van der Waals surface area contributed by atoms with Crippen LogP contribution < -0.4 is 9.47 Å². The number of phenolic OH excluding ortho intramolecular Hbond substituents is 3. The minimum Gasteiger partial charge on any atom is -0.507 e. The van der Waals surface area contributed by atoms with Crippen LogP contribution in [0.15, 0.2) is 35.9 Å². The van der Waals surface area contributed by atoms with Crippen molar-refractivity contribution in [2.75, 3.05) is 14.2 Å². The Balaban J connectivity index is 1.71. The molecule has 0 amide bonds. The van der Waals surface area contributed by atoms with Crippen molar-refractivity contribution >= 4 is 17.1 Å². The highest BCUT2D eigenvalue weighted by atomic mass is 16.5. The molecule has 0 saturated heterocycles. The highest BCUT2D eigenvalue weighted by Crippen LogP contribution is 2.58. The summed E-state index contributed by atoms with van der Waals surface area (Å²) >= 11 is 0. The Morgan fingerprint density at radius 3 is 2.24 bits per heavy atom. The van der Waals surface area contributed by atoms with Gasteiger partial charge in [0.2, 0.25) is 5.78 Å². The van der Waals surface area contributed by atoms with E-state index in [1.807, 2.05) is 26.8 Å². The molecule has 0 radical (unpaired) electrons. The van der Waals surface area contributed by atoms with Crippen LogP contribution in [0.5, 0.6) is 28.7 Å². The van der Waals surface area contributed by atoms with E-state index in [0.29, 0.717) is 46.4 Å². The molecular formula is C33H32O8. The molecule has 0 spiro atoms. The number of aliphatic hydroxyl groups is 1. The molecule has 3 aromatic rings. The van der Waals surface area contributed by atoms with Crippen LogP contribution in [0.3, 0.4) is 0 Å². The number of methoxy groups -OCH3 is 2. The maximum atomic E-state index is 13.9. The lowest BCUT2D eigenvalue weighted by Gasteiger charge is -2.43. The molecule has 1 fully saturated rings. The summed E-state index contributed by atoms with van der Waals surface area (Å²) in [5.41, 5.74) is 3.43. The number of carbonyl (C=O) groups is 2. The molecule has 3 aromatic carbocycles. The minimum atomic E-state index is -1.31. The summed E-state index contributed by atoms with van der Waals surface area (Å²) in [5, 5.41) is 45.1. The Labute approximate surface area is 237 Å². The standard InChI is InChI=1S/C33H32O8/c1-14-6-15-8-16-9-23(41-5)29(31(38)25(16)30(37)24(15)20(34)7-14)26-18-10-17(40-4)11-21(35)27(18)32(39)28-19(26)12-33(2,3)13-22(28)36/h6-7,9-11,28,32,34-35,38-39H,8,12-13H2,1-5H3. The lowest BCUT2D eigenvalue weighted by Crippen LogP contribution is -2.38. The highest BCUT2D eigenvalue weighted by Gasteiger charge is 2.48. The number of phenols is 3.